The molecule has 1 aromatic rings. The van der Waals surface area contributed by atoms with Gasteiger partial charge in [0, 0.05) is 20.8 Å². The number of thioether (sulfide) groups is 1. The van der Waals surface area contributed by atoms with Crippen molar-refractivity contribution >= 4 is 50.8 Å². The molecule has 0 bridgehead atoms. The molecule has 2 saturated heterocycles. The minimum atomic E-state index is -4.04. The summed E-state index contributed by atoms with van der Waals surface area (Å²) in [5, 5.41) is 3.80. The van der Waals surface area contributed by atoms with Crippen LogP contribution in [0.4, 0.5) is 0 Å². The molecule has 1 aromatic carbocycles. The Kier molecular flexibility index (Phi) is 8.34. The highest BCUT2D eigenvalue weighted by Gasteiger charge is 2.52. The van der Waals surface area contributed by atoms with Gasteiger partial charge in [-0.3, -0.25) is 24.1 Å². The molecule has 190 valence electrons. The number of benzene rings is 1. The van der Waals surface area contributed by atoms with E-state index in [1.54, 1.807) is 6.07 Å². The number of nitrogens with zero attached hydrogens (tertiary/aromatic N) is 2. The van der Waals surface area contributed by atoms with E-state index in [4.69, 9.17) is 18.9 Å². The molecule has 1 amide bonds. The zero-order valence-corrected chi connectivity index (χ0v) is 20.5. The molecule has 0 saturated carbocycles. The number of sulfonamides is 1. The minimum Gasteiger partial charge on any atom is -0.456 e. The number of amidine groups is 1. The van der Waals surface area contributed by atoms with E-state index in [0.29, 0.717) is 0 Å². The lowest BCUT2D eigenvalue weighted by Crippen LogP contribution is -2.63. The second kappa shape index (κ2) is 11.0. The summed E-state index contributed by atoms with van der Waals surface area (Å²) in [6.45, 7) is 3.04. The first-order chi connectivity index (χ1) is 16.5. The number of carbonyl (C=O) groups is 4. The summed E-state index contributed by atoms with van der Waals surface area (Å²) in [7, 11) is -4.04. The predicted octanol–water partition coefficient (Wildman–Crippen LogP) is -0.0373. The van der Waals surface area contributed by atoms with Gasteiger partial charge in [-0.05, 0) is 12.1 Å². The molecule has 0 radical (unpaired) electrons. The summed E-state index contributed by atoms with van der Waals surface area (Å²) in [6, 6.07) is 7.46. The maximum Gasteiger partial charge on any atom is 0.303 e. The quantitative estimate of drug-likeness (QED) is 0.286. The molecular formula is C20H23N3O10S2. The van der Waals surface area contributed by atoms with Gasteiger partial charge < -0.3 is 18.9 Å². The van der Waals surface area contributed by atoms with Gasteiger partial charge in [0.15, 0.2) is 29.7 Å². The highest BCUT2D eigenvalue weighted by Crippen LogP contribution is 2.31. The number of amides is 1. The van der Waals surface area contributed by atoms with Gasteiger partial charge in [0.25, 0.3) is 10.0 Å². The predicted molar refractivity (Wildman–Crippen MR) is 120 cm³/mol. The fraction of sp³-hybridized carbons (Fsp3) is 0.450. The van der Waals surface area contributed by atoms with Gasteiger partial charge in [-0.15, -0.1) is 5.10 Å². The van der Waals surface area contributed by atoms with E-state index in [1.807, 2.05) is 0 Å². The molecule has 13 nitrogen and oxygen atoms in total. The van der Waals surface area contributed by atoms with Gasteiger partial charge in [-0.2, -0.15) is 13.2 Å². The molecule has 0 spiro atoms. The van der Waals surface area contributed by atoms with Gasteiger partial charge >= 0.3 is 17.9 Å². The first-order valence-corrected chi connectivity index (χ1v) is 12.7. The maximum absolute atomic E-state index is 12.7. The lowest BCUT2D eigenvalue weighted by Gasteiger charge is -2.43. The number of hydrogen-bond acceptors (Lipinski definition) is 12. The van der Waals surface area contributed by atoms with Crippen LogP contribution in [0.15, 0.2) is 40.3 Å². The third-order valence-corrected chi connectivity index (χ3v) is 6.85. The molecule has 35 heavy (non-hydrogen) atoms. The van der Waals surface area contributed by atoms with E-state index >= 15 is 0 Å². The maximum atomic E-state index is 12.7. The van der Waals surface area contributed by atoms with Crippen molar-refractivity contribution in [2.45, 2.75) is 50.2 Å². The molecule has 0 aliphatic carbocycles. The molecule has 2 aliphatic rings. The molecule has 15 heteroatoms. The molecule has 2 fully saturated rings. The van der Waals surface area contributed by atoms with Crippen LogP contribution in [-0.2, 0) is 48.1 Å². The number of carbonyl (C=O) groups excluding carboxylic acids is 4. The Morgan fingerprint density at radius 1 is 1.03 bits per heavy atom. The van der Waals surface area contributed by atoms with E-state index in [1.165, 1.54) is 24.3 Å². The summed E-state index contributed by atoms with van der Waals surface area (Å²) in [5.41, 5.74) is 0. The molecule has 0 aromatic heterocycles. The largest absolute Gasteiger partial charge is 0.456 e. The lowest BCUT2D eigenvalue weighted by atomic mass is 10.0. The Labute approximate surface area is 205 Å². The Balaban J connectivity index is 1.93. The topological polar surface area (TPSA) is 167 Å². The van der Waals surface area contributed by atoms with Crippen molar-refractivity contribution in [3.8, 4) is 0 Å². The van der Waals surface area contributed by atoms with Crippen molar-refractivity contribution in [2.75, 3.05) is 12.4 Å². The highest BCUT2D eigenvalue weighted by molar-refractivity contribution is 8.15. The molecule has 2 heterocycles. The molecule has 2 aliphatic heterocycles. The fourth-order valence-corrected chi connectivity index (χ4v) is 5.14. The van der Waals surface area contributed by atoms with Crippen molar-refractivity contribution in [1.29, 1.82) is 0 Å². The van der Waals surface area contributed by atoms with Crippen molar-refractivity contribution in [3.63, 3.8) is 0 Å². The minimum absolute atomic E-state index is 0.0453. The first kappa shape index (κ1) is 26.4. The van der Waals surface area contributed by atoms with Crippen molar-refractivity contribution in [1.82, 2.24) is 9.73 Å². The zero-order chi connectivity index (χ0) is 25.8. The van der Waals surface area contributed by atoms with Crippen LogP contribution in [0.3, 0.4) is 0 Å². The van der Waals surface area contributed by atoms with E-state index in [0.717, 1.165) is 37.4 Å². The first-order valence-electron chi connectivity index (χ1n) is 10.2. The van der Waals surface area contributed by atoms with Crippen LogP contribution < -0.4 is 4.83 Å². The van der Waals surface area contributed by atoms with Crippen LogP contribution in [0.25, 0.3) is 0 Å². The number of hydrazone groups is 1. The van der Waals surface area contributed by atoms with E-state index in [9.17, 15) is 27.6 Å². The second-order valence-corrected chi connectivity index (χ2v) is 9.98. The number of rotatable bonds is 7. The number of hydrogen-bond donors (Lipinski definition) is 1. The molecular weight excluding hydrogens is 506 g/mol. The normalized spacial score (nSPS) is 25.7. The Morgan fingerprint density at radius 3 is 2.23 bits per heavy atom. The van der Waals surface area contributed by atoms with Gasteiger partial charge in [0.05, 0.1) is 17.3 Å². The summed E-state index contributed by atoms with van der Waals surface area (Å²) in [4.78, 5) is 50.9. The van der Waals surface area contributed by atoms with Crippen LogP contribution in [0.2, 0.25) is 0 Å². The average Bonchev–Trinajstić information content (AvgIpc) is 3.14. The summed E-state index contributed by atoms with van der Waals surface area (Å²) >= 11 is 0.921. The van der Waals surface area contributed by atoms with Crippen LogP contribution in [0.5, 0.6) is 0 Å². The number of nitrogens with one attached hydrogen (secondary N) is 1. The summed E-state index contributed by atoms with van der Waals surface area (Å²) in [5.74, 6) is -2.86. The van der Waals surface area contributed by atoms with Crippen LogP contribution in [-0.4, -0.2) is 79.2 Å². The third kappa shape index (κ3) is 6.49. The third-order valence-electron chi connectivity index (χ3n) is 4.69. The van der Waals surface area contributed by atoms with E-state index < -0.39 is 58.4 Å². The van der Waals surface area contributed by atoms with Crippen molar-refractivity contribution in [2.24, 2.45) is 5.10 Å². The monoisotopic (exact) mass is 529 g/mol. The summed E-state index contributed by atoms with van der Waals surface area (Å²) in [6.07, 6.45) is -5.19. The van der Waals surface area contributed by atoms with Gasteiger partial charge in [-0.25, -0.2) is 0 Å². The Morgan fingerprint density at radius 2 is 1.63 bits per heavy atom. The Bertz CT molecular complexity index is 1130. The summed E-state index contributed by atoms with van der Waals surface area (Å²) < 4.78 is 46.6. The van der Waals surface area contributed by atoms with Crippen LogP contribution in [0.1, 0.15) is 20.8 Å². The van der Waals surface area contributed by atoms with Crippen molar-refractivity contribution < 1.29 is 46.5 Å². The lowest BCUT2D eigenvalue weighted by molar-refractivity contribution is -0.241. The highest BCUT2D eigenvalue weighted by atomic mass is 32.2. The van der Waals surface area contributed by atoms with E-state index in [-0.39, 0.29) is 22.4 Å². The fourth-order valence-electron chi connectivity index (χ4n) is 3.40. The van der Waals surface area contributed by atoms with Gasteiger partial charge in [0.2, 0.25) is 5.91 Å². The molecule has 1 N–H and O–H groups in total. The van der Waals surface area contributed by atoms with E-state index in [2.05, 4.69) is 9.93 Å². The molecule has 0 unspecified atom stereocenters. The number of esters is 3. The van der Waals surface area contributed by atoms with Crippen molar-refractivity contribution in [3.05, 3.63) is 30.3 Å². The standard InChI is InChI=1S/C20H23N3O10S2/c1-11(24)31-15-9-30-19(18(33-13(3)26)17(15)32-12(2)25)23-16(27)10-34-20(23)21-22-35(28,29)14-7-5-4-6-8-14/h4-8,15,17-19,22H,9-10H2,1-3H3/b21-20-/t15-,17+,18-,19-/m1/s1. The SMILES string of the molecule is CC(=O)O[C@@H]1[C@@H](OC(C)=O)[C@H](OC(C)=O)CO[C@H]1N1C(=O)CS/C1=N\NS(=O)(=O)c1ccccc1. The molecule has 4 atom stereocenters. The van der Waals surface area contributed by atoms with Crippen LogP contribution in [0, 0.1) is 0 Å². The average molecular weight is 530 g/mol. The Hall–Kier alpha value is -3.17. The van der Waals surface area contributed by atoms with Gasteiger partial charge in [-0.1, -0.05) is 30.0 Å². The number of ether oxygens (including phenoxy) is 4. The molecule has 3 rings (SSSR count). The second-order valence-electron chi connectivity index (χ2n) is 7.37. The van der Waals surface area contributed by atoms with Crippen LogP contribution >= 0.6 is 11.8 Å². The smallest absolute Gasteiger partial charge is 0.303 e. The van der Waals surface area contributed by atoms with Gasteiger partial charge in [0.1, 0.15) is 0 Å². The zero-order valence-electron chi connectivity index (χ0n) is 18.9.